The van der Waals surface area contributed by atoms with Crippen molar-refractivity contribution in [3.05, 3.63) is 41.4 Å². The molecule has 3 rings (SSSR count). The SMILES string of the molecule is C=CCN=C1S[C@@H](CC(=O)Nc2ccc(Br)cc2)C(=O)N1C1CCCCCC1. The highest BCUT2D eigenvalue weighted by Crippen LogP contribution is 2.35. The average Bonchev–Trinajstić information content (AvgIpc) is 2.86. The Kier molecular flexibility index (Phi) is 7.73. The molecule has 2 amide bonds. The van der Waals surface area contributed by atoms with Gasteiger partial charge in [-0.25, -0.2) is 0 Å². The number of thioether (sulfide) groups is 1. The quantitative estimate of drug-likeness (QED) is 0.477. The molecule has 1 aromatic rings. The van der Waals surface area contributed by atoms with E-state index in [2.05, 4.69) is 32.8 Å². The first-order valence-corrected chi connectivity index (χ1v) is 11.5. The van der Waals surface area contributed by atoms with Crippen molar-refractivity contribution in [2.75, 3.05) is 11.9 Å². The van der Waals surface area contributed by atoms with Gasteiger partial charge in [0.2, 0.25) is 11.8 Å². The third-order valence-electron chi connectivity index (χ3n) is 5.01. The van der Waals surface area contributed by atoms with E-state index in [1.54, 1.807) is 6.08 Å². The van der Waals surface area contributed by atoms with Crippen molar-refractivity contribution in [1.29, 1.82) is 0 Å². The predicted octanol–water partition coefficient (Wildman–Crippen LogP) is 4.99. The van der Waals surface area contributed by atoms with Crippen LogP contribution in [0.4, 0.5) is 5.69 Å². The van der Waals surface area contributed by atoms with E-state index in [1.807, 2.05) is 29.2 Å². The number of benzene rings is 1. The molecule has 0 aromatic heterocycles. The second-order valence-corrected chi connectivity index (χ2v) is 9.22. The molecule has 28 heavy (non-hydrogen) atoms. The van der Waals surface area contributed by atoms with Gasteiger partial charge < -0.3 is 5.32 Å². The molecule has 1 saturated heterocycles. The highest BCUT2D eigenvalue weighted by Gasteiger charge is 2.42. The summed E-state index contributed by atoms with van der Waals surface area (Å²) in [6.45, 7) is 4.21. The smallest absolute Gasteiger partial charge is 0.242 e. The maximum absolute atomic E-state index is 13.1. The van der Waals surface area contributed by atoms with Crippen LogP contribution in [-0.2, 0) is 9.59 Å². The molecule has 0 bridgehead atoms. The molecule has 0 unspecified atom stereocenters. The van der Waals surface area contributed by atoms with Crippen molar-refractivity contribution in [2.45, 2.75) is 56.2 Å². The molecule has 5 nitrogen and oxygen atoms in total. The van der Waals surface area contributed by atoms with Gasteiger partial charge in [0.15, 0.2) is 5.17 Å². The predicted molar refractivity (Wildman–Crippen MR) is 120 cm³/mol. The van der Waals surface area contributed by atoms with Gasteiger partial charge in [0.05, 0.1) is 6.54 Å². The van der Waals surface area contributed by atoms with Crippen LogP contribution in [0.1, 0.15) is 44.9 Å². The van der Waals surface area contributed by atoms with Gasteiger partial charge in [-0.05, 0) is 37.1 Å². The Hall–Kier alpha value is -1.60. The number of anilines is 1. The summed E-state index contributed by atoms with van der Waals surface area (Å²) >= 11 is 4.80. The Labute approximate surface area is 179 Å². The fourth-order valence-electron chi connectivity index (χ4n) is 3.63. The number of aliphatic imine (C=N–C) groups is 1. The molecular formula is C21H26BrN3O2S. The molecule has 1 heterocycles. The van der Waals surface area contributed by atoms with Gasteiger partial charge in [-0.2, -0.15) is 0 Å². The summed E-state index contributed by atoms with van der Waals surface area (Å²) in [5.74, 6) is -0.135. The zero-order chi connectivity index (χ0) is 19.9. The molecule has 2 fully saturated rings. The van der Waals surface area contributed by atoms with Crippen molar-refractivity contribution >= 4 is 50.4 Å². The van der Waals surface area contributed by atoms with Crippen LogP contribution in [0.15, 0.2) is 46.4 Å². The van der Waals surface area contributed by atoms with E-state index in [1.165, 1.54) is 24.6 Å². The van der Waals surface area contributed by atoms with Crippen molar-refractivity contribution in [2.24, 2.45) is 4.99 Å². The first-order valence-electron chi connectivity index (χ1n) is 9.79. The fourth-order valence-corrected chi connectivity index (χ4v) is 5.10. The summed E-state index contributed by atoms with van der Waals surface area (Å²) in [5.41, 5.74) is 0.727. The monoisotopic (exact) mass is 463 g/mol. The minimum Gasteiger partial charge on any atom is -0.326 e. The molecule has 0 radical (unpaired) electrons. The van der Waals surface area contributed by atoms with E-state index in [0.29, 0.717) is 6.54 Å². The molecule has 150 valence electrons. The lowest BCUT2D eigenvalue weighted by Gasteiger charge is -2.26. The van der Waals surface area contributed by atoms with Gasteiger partial charge in [-0.1, -0.05) is 59.5 Å². The molecule has 1 N–H and O–H groups in total. The number of amidine groups is 1. The van der Waals surface area contributed by atoms with E-state index >= 15 is 0 Å². The van der Waals surface area contributed by atoms with E-state index in [4.69, 9.17) is 0 Å². The van der Waals surface area contributed by atoms with Crippen molar-refractivity contribution in [3.8, 4) is 0 Å². The van der Waals surface area contributed by atoms with Crippen molar-refractivity contribution < 1.29 is 9.59 Å². The summed E-state index contributed by atoms with van der Waals surface area (Å²) in [4.78, 5) is 32.1. The summed E-state index contributed by atoms with van der Waals surface area (Å²) < 4.78 is 0.953. The zero-order valence-electron chi connectivity index (χ0n) is 15.9. The number of amides is 2. The highest BCUT2D eigenvalue weighted by atomic mass is 79.9. The molecule has 7 heteroatoms. The van der Waals surface area contributed by atoms with Crippen molar-refractivity contribution in [3.63, 3.8) is 0 Å². The van der Waals surface area contributed by atoms with Crippen LogP contribution < -0.4 is 5.32 Å². The van der Waals surface area contributed by atoms with E-state index in [0.717, 1.165) is 41.0 Å². The summed E-state index contributed by atoms with van der Waals surface area (Å²) in [6, 6.07) is 7.61. The molecule has 1 aromatic carbocycles. The van der Waals surface area contributed by atoms with E-state index in [-0.39, 0.29) is 24.3 Å². The first kappa shape index (κ1) is 21.1. The number of nitrogens with zero attached hydrogens (tertiary/aromatic N) is 2. The highest BCUT2D eigenvalue weighted by molar-refractivity contribution is 9.10. The van der Waals surface area contributed by atoms with Gasteiger partial charge in [-0.15, -0.1) is 6.58 Å². The number of halogens is 1. The number of carbonyl (C=O) groups excluding carboxylic acids is 2. The van der Waals surface area contributed by atoms with Gasteiger partial charge in [0.25, 0.3) is 0 Å². The molecule has 2 aliphatic rings. The minimum absolute atomic E-state index is 0.0191. The van der Waals surface area contributed by atoms with E-state index < -0.39 is 5.25 Å². The number of rotatable bonds is 6. The van der Waals surface area contributed by atoms with Gasteiger partial charge in [0.1, 0.15) is 5.25 Å². The van der Waals surface area contributed by atoms with Crippen LogP contribution in [0, 0.1) is 0 Å². The minimum atomic E-state index is -0.415. The van der Waals surface area contributed by atoms with Crippen LogP contribution in [0.3, 0.4) is 0 Å². The topological polar surface area (TPSA) is 61.8 Å². The summed E-state index contributed by atoms with van der Waals surface area (Å²) in [6.07, 6.45) is 8.64. The Morgan fingerprint density at radius 2 is 1.93 bits per heavy atom. The van der Waals surface area contributed by atoms with Gasteiger partial charge in [-0.3, -0.25) is 19.5 Å². The summed E-state index contributed by atoms with van der Waals surface area (Å²) in [7, 11) is 0. The van der Waals surface area contributed by atoms with Crippen LogP contribution in [0.25, 0.3) is 0 Å². The lowest BCUT2D eigenvalue weighted by molar-refractivity contribution is -0.129. The number of hydrogen-bond acceptors (Lipinski definition) is 4. The Morgan fingerprint density at radius 3 is 2.57 bits per heavy atom. The van der Waals surface area contributed by atoms with Crippen molar-refractivity contribution in [1.82, 2.24) is 4.90 Å². The van der Waals surface area contributed by atoms with Crippen LogP contribution >= 0.6 is 27.7 Å². The molecular weight excluding hydrogens is 438 g/mol. The Balaban J connectivity index is 1.68. The first-order chi connectivity index (χ1) is 13.6. The maximum Gasteiger partial charge on any atom is 0.242 e. The molecule has 0 spiro atoms. The molecule has 1 saturated carbocycles. The third kappa shape index (κ3) is 5.47. The summed E-state index contributed by atoms with van der Waals surface area (Å²) in [5, 5.41) is 3.21. The normalized spacial score (nSPS) is 22.3. The van der Waals surface area contributed by atoms with Gasteiger partial charge >= 0.3 is 0 Å². The van der Waals surface area contributed by atoms with Crippen LogP contribution in [0.5, 0.6) is 0 Å². The third-order valence-corrected chi connectivity index (χ3v) is 6.73. The van der Waals surface area contributed by atoms with Crippen LogP contribution in [0.2, 0.25) is 0 Å². The lowest BCUT2D eigenvalue weighted by Crippen LogP contribution is -2.41. The Morgan fingerprint density at radius 1 is 1.25 bits per heavy atom. The number of hydrogen-bond donors (Lipinski definition) is 1. The van der Waals surface area contributed by atoms with Gasteiger partial charge in [0, 0.05) is 22.6 Å². The fraction of sp³-hybridized carbons (Fsp3) is 0.476. The largest absolute Gasteiger partial charge is 0.326 e. The van der Waals surface area contributed by atoms with E-state index in [9.17, 15) is 9.59 Å². The Bertz CT molecular complexity index is 743. The second kappa shape index (κ2) is 10.3. The number of nitrogens with one attached hydrogen (secondary N) is 1. The number of carbonyl (C=O) groups is 2. The molecule has 1 atom stereocenters. The maximum atomic E-state index is 13.1. The average molecular weight is 464 g/mol. The molecule has 1 aliphatic carbocycles. The zero-order valence-corrected chi connectivity index (χ0v) is 18.3. The standard InChI is InChI=1S/C21H26BrN3O2S/c1-2-13-23-21-25(17-7-5-3-4-6-8-17)20(27)18(28-21)14-19(26)24-16-11-9-15(22)10-12-16/h2,9-12,17-18H,1,3-8,13-14H2,(H,24,26)/t18-/m0/s1. The molecule has 1 aliphatic heterocycles. The van der Waals surface area contributed by atoms with Crippen LogP contribution in [-0.4, -0.2) is 39.7 Å². The second-order valence-electron chi connectivity index (χ2n) is 7.13. The lowest BCUT2D eigenvalue weighted by atomic mass is 10.1.